The van der Waals surface area contributed by atoms with Crippen molar-refractivity contribution < 1.29 is 51.0 Å². The first-order chi connectivity index (χ1) is 22.6. The van der Waals surface area contributed by atoms with Crippen LogP contribution in [0.3, 0.4) is 0 Å². The van der Waals surface area contributed by atoms with E-state index in [2.05, 4.69) is 30.2 Å². The van der Waals surface area contributed by atoms with Gasteiger partial charge in [-0.25, -0.2) is 18.2 Å². The lowest BCUT2D eigenvalue weighted by atomic mass is 9.84. The molecule has 19 nitrogen and oxygen atoms in total. The number of nitrogens with two attached hydrogens (primary N) is 2. The number of carbonyl (C=O) groups excluding carboxylic acids is 2. The van der Waals surface area contributed by atoms with Crippen LogP contribution in [0, 0.1) is 0 Å². The van der Waals surface area contributed by atoms with Gasteiger partial charge in [-0.1, -0.05) is 10.3 Å². The highest BCUT2D eigenvalue weighted by Crippen LogP contribution is 2.33. The highest BCUT2D eigenvalue weighted by atomic mass is 32.3. The molecule has 1 fully saturated rings. The number of carbonyl (C=O) groups is 3. The molecule has 2 aromatic heterocycles. The fourth-order valence-corrected chi connectivity index (χ4v) is 5.33. The Balaban J connectivity index is 1.43. The molecule has 2 atom stereocenters. The molecule has 0 aliphatic carbocycles. The second kappa shape index (κ2) is 14.9. The van der Waals surface area contributed by atoms with Crippen molar-refractivity contribution in [2.45, 2.75) is 38.0 Å². The number of carboxylic acid groups (broad SMARTS) is 1. The van der Waals surface area contributed by atoms with E-state index >= 15 is 0 Å². The quantitative estimate of drug-likeness (QED) is 0.0230. The SMILES string of the molecule is C[n+]1nc(-c2ccc(OCC(O/N=C(\C(=O)N[C@@H]3C(=O)N(OS(=O)(=O)[O-])C3(C)C)c3csc(N)n3)C(=O)O)cc2)ccc1NCCCN. The summed E-state index contributed by atoms with van der Waals surface area (Å²) in [7, 11) is -3.46. The third-order valence-corrected chi connectivity index (χ3v) is 7.89. The minimum atomic E-state index is -5.27. The molecule has 0 spiro atoms. The van der Waals surface area contributed by atoms with Crippen LogP contribution in [0.15, 0.2) is 46.9 Å². The molecule has 1 aliphatic rings. The number of hydrogen-bond donors (Lipinski definition) is 5. The Morgan fingerprint density at radius 2 is 1.96 bits per heavy atom. The van der Waals surface area contributed by atoms with E-state index in [4.69, 9.17) is 21.0 Å². The van der Waals surface area contributed by atoms with Gasteiger partial charge in [0.2, 0.25) is 10.4 Å². The summed E-state index contributed by atoms with van der Waals surface area (Å²) in [6, 6.07) is 9.10. The van der Waals surface area contributed by atoms with Gasteiger partial charge < -0.3 is 36.0 Å². The molecule has 3 aromatic rings. The average Bonchev–Trinajstić information content (AvgIpc) is 3.46. The fourth-order valence-electron chi connectivity index (χ4n) is 4.33. The molecule has 2 amide bonds. The van der Waals surface area contributed by atoms with Crippen LogP contribution in [0.2, 0.25) is 0 Å². The van der Waals surface area contributed by atoms with E-state index in [0.717, 1.165) is 29.1 Å². The zero-order valence-corrected chi connectivity index (χ0v) is 27.5. The first-order valence-electron chi connectivity index (χ1n) is 14.1. The van der Waals surface area contributed by atoms with Gasteiger partial charge in [-0.05, 0) is 57.1 Å². The first kappa shape index (κ1) is 35.9. The molecule has 0 radical (unpaired) electrons. The van der Waals surface area contributed by atoms with Gasteiger partial charge in [-0.15, -0.1) is 16.0 Å². The van der Waals surface area contributed by atoms with E-state index in [1.807, 2.05) is 12.1 Å². The number of nitrogen functional groups attached to an aromatic ring is 1. The van der Waals surface area contributed by atoms with E-state index in [0.29, 0.717) is 29.6 Å². The Labute approximate surface area is 278 Å². The second-order valence-electron chi connectivity index (χ2n) is 10.8. The van der Waals surface area contributed by atoms with Gasteiger partial charge in [0.15, 0.2) is 10.8 Å². The number of aryl methyl sites for hydroxylation is 1. The Kier molecular flexibility index (Phi) is 11.1. The molecule has 1 aromatic carbocycles. The van der Waals surface area contributed by atoms with Crippen LogP contribution < -0.4 is 31.5 Å². The van der Waals surface area contributed by atoms with Crippen LogP contribution >= 0.6 is 11.3 Å². The van der Waals surface area contributed by atoms with Crippen LogP contribution in [-0.2, 0) is 41.0 Å². The number of anilines is 2. The normalized spacial score (nSPS) is 16.5. The van der Waals surface area contributed by atoms with Gasteiger partial charge in [-0.2, -0.15) is 9.35 Å². The zero-order valence-electron chi connectivity index (χ0n) is 25.9. The number of nitrogens with one attached hydrogen (secondary N) is 2. The van der Waals surface area contributed by atoms with E-state index in [1.54, 1.807) is 36.0 Å². The largest absolute Gasteiger partial charge is 0.724 e. The van der Waals surface area contributed by atoms with Crippen molar-refractivity contribution in [1.82, 2.24) is 20.5 Å². The smallest absolute Gasteiger partial charge is 0.351 e. The van der Waals surface area contributed by atoms with Crippen LogP contribution in [0.4, 0.5) is 10.9 Å². The molecule has 0 bridgehead atoms. The Hall–Kier alpha value is -4.96. The number of hydroxylamine groups is 2. The van der Waals surface area contributed by atoms with Gasteiger partial charge in [0.1, 0.15) is 36.8 Å². The number of oxime groups is 1. The third kappa shape index (κ3) is 8.68. The summed E-state index contributed by atoms with van der Waals surface area (Å²) in [6.07, 6.45) is -0.879. The molecule has 1 unspecified atom stereocenters. The molecule has 4 rings (SSSR count). The highest BCUT2D eigenvalue weighted by molar-refractivity contribution is 7.80. The summed E-state index contributed by atoms with van der Waals surface area (Å²) in [6.45, 7) is 3.43. The van der Waals surface area contributed by atoms with Crippen molar-refractivity contribution >= 4 is 56.2 Å². The van der Waals surface area contributed by atoms with Crippen molar-refractivity contribution in [3.63, 3.8) is 0 Å². The summed E-state index contributed by atoms with van der Waals surface area (Å²) in [5.74, 6) is -2.41. The summed E-state index contributed by atoms with van der Waals surface area (Å²) < 4.78 is 44.4. The van der Waals surface area contributed by atoms with E-state index < -0.39 is 58.2 Å². The molecule has 258 valence electrons. The number of hydrogen-bond acceptors (Lipinski definition) is 16. The van der Waals surface area contributed by atoms with Crippen molar-refractivity contribution in [1.29, 1.82) is 0 Å². The number of benzene rings is 1. The number of amides is 2. The third-order valence-electron chi connectivity index (χ3n) is 6.89. The van der Waals surface area contributed by atoms with Crippen molar-refractivity contribution in [2.24, 2.45) is 17.9 Å². The molecule has 7 N–H and O–H groups in total. The monoisotopic (exact) mass is 707 g/mol. The number of aliphatic carboxylic acids is 1. The van der Waals surface area contributed by atoms with Crippen molar-refractivity contribution in [3.05, 3.63) is 47.5 Å². The maximum absolute atomic E-state index is 13.2. The molecule has 1 saturated heterocycles. The van der Waals surface area contributed by atoms with Crippen LogP contribution in [0.25, 0.3) is 11.3 Å². The number of ether oxygens (including phenoxy) is 1. The zero-order chi connectivity index (χ0) is 35.2. The van der Waals surface area contributed by atoms with Gasteiger partial charge in [-0.3, -0.25) is 14.9 Å². The lowest BCUT2D eigenvalue weighted by molar-refractivity contribution is -0.716. The standard InChI is InChI=1S/C27H33N9O10S2/c1-27(2)22(24(38)36(27)46-48(41,42)43)32-23(37)21(18-14-47-26(29)31-18)34-45-19(25(39)40)13-44-16-7-5-15(6-8-16)17-9-10-20(35(3)33-17)30-12-4-11-28/h5-10,14,19,22H,4,11-13,28H2,1-3H3,(H5,29,31,32,37,39,40,41,42,43)/b34-21-/t19?,22-/m1/s1. The van der Waals surface area contributed by atoms with Gasteiger partial charge in [0, 0.05) is 17.0 Å². The molecule has 48 heavy (non-hydrogen) atoms. The van der Waals surface area contributed by atoms with Crippen LogP contribution in [0.1, 0.15) is 26.0 Å². The maximum Gasteiger partial charge on any atom is 0.351 e. The predicted molar refractivity (Wildman–Crippen MR) is 168 cm³/mol. The number of aromatic nitrogens is 3. The average molecular weight is 708 g/mol. The summed E-state index contributed by atoms with van der Waals surface area (Å²) >= 11 is 0.948. The minimum Gasteiger partial charge on any atom is -0.724 e. The molecular weight excluding hydrogens is 674 g/mol. The Morgan fingerprint density at radius 1 is 1.25 bits per heavy atom. The summed E-state index contributed by atoms with van der Waals surface area (Å²) in [5.41, 5.74) is 10.6. The van der Waals surface area contributed by atoms with Crippen molar-refractivity contribution in [3.8, 4) is 17.0 Å². The van der Waals surface area contributed by atoms with Crippen LogP contribution in [-0.4, -0.2) is 94.1 Å². The predicted octanol–water partition coefficient (Wildman–Crippen LogP) is -0.877. The number of carboxylic acids is 1. The molecule has 3 heterocycles. The van der Waals surface area contributed by atoms with E-state index in [9.17, 15) is 32.5 Å². The van der Waals surface area contributed by atoms with E-state index in [1.165, 1.54) is 19.2 Å². The second-order valence-corrected chi connectivity index (χ2v) is 12.6. The molecular formula is C27H33N9O10S2. The fraction of sp³-hybridized carbons (Fsp3) is 0.370. The van der Waals surface area contributed by atoms with E-state index in [-0.39, 0.29) is 10.8 Å². The number of thiazole rings is 1. The Bertz CT molecular complexity index is 1800. The first-order valence-corrected chi connectivity index (χ1v) is 16.3. The molecule has 0 saturated carbocycles. The minimum absolute atomic E-state index is 0.0476. The number of nitrogens with zero attached hydrogens (tertiary/aromatic N) is 5. The summed E-state index contributed by atoms with van der Waals surface area (Å²) in [4.78, 5) is 46.8. The highest BCUT2D eigenvalue weighted by Gasteiger charge is 2.57. The van der Waals surface area contributed by atoms with Crippen LogP contribution in [0.5, 0.6) is 5.75 Å². The van der Waals surface area contributed by atoms with Gasteiger partial charge in [0.05, 0.1) is 12.1 Å². The summed E-state index contributed by atoms with van der Waals surface area (Å²) in [5, 5.41) is 25.3. The number of rotatable bonds is 16. The molecule has 1 aliphatic heterocycles. The lowest BCUT2D eigenvalue weighted by Crippen LogP contribution is -2.76. The topological polar surface area (TPSA) is 278 Å². The van der Waals surface area contributed by atoms with Gasteiger partial charge in [0.25, 0.3) is 23.7 Å². The van der Waals surface area contributed by atoms with Crippen molar-refractivity contribution in [2.75, 3.05) is 30.7 Å². The maximum atomic E-state index is 13.2. The number of β-lactam (4-membered cyclic amide) rings is 1. The molecule has 21 heteroatoms. The Morgan fingerprint density at radius 3 is 2.52 bits per heavy atom. The lowest BCUT2D eigenvalue weighted by Gasteiger charge is -2.51. The van der Waals surface area contributed by atoms with Gasteiger partial charge >= 0.3 is 5.97 Å².